The minimum absolute atomic E-state index is 0.0648. The van der Waals surface area contributed by atoms with Crippen molar-refractivity contribution in [1.29, 1.82) is 0 Å². The van der Waals surface area contributed by atoms with E-state index in [1.807, 2.05) is 0 Å². The highest BCUT2D eigenvalue weighted by Gasteiger charge is 2.20. The predicted octanol–water partition coefficient (Wildman–Crippen LogP) is 5.43. The highest BCUT2D eigenvalue weighted by Crippen LogP contribution is 2.24. The van der Waals surface area contributed by atoms with E-state index in [1.54, 1.807) is 35.4 Å². The van der Waals surface area contributed by atoms with Crippen molar-refractivity contribution in [2.45, 2.75) is 38.1 Å². The quantitative estimate of drug-likeness (QED) is 0.219. The van der Waals surface area contributed by atoms with Gasteiger partial charge < -0.3 is 10.3 Å². The molecule has 1 aromatic carbocycles. The molecular weight excluding hydrogens is 461 g/mol. The molecule has 0 aliphatic rings. The average Bonchev–Trinajstić information content (AvgIpc) is 3.60. The summed E-state index contributed by atoms with van der Waals surface area (Å²) in [4.78, 5) is 41.1. The van der Waals surface area contributed by atoms with Gasteiger partial charge in [0.2, 0.25) is 0 Å². The number of carbonyl (C=O) groups excluding carboxylic acids is 2. The standard InChI is InChI=1S/C23H22FN5O2S2/c24-16-8-6-15(7-9-16)18-12-27-21(28-18)17(29-22(31)20-13-25-14-33-20)4-2-1-3-5-19(30)23-26-10-11-32-23/h6-14,17H,1-5H2,(H,27,28)(H,29,31)/t17-/m0/s1. The molecule has 0 saturated heterocycles. The number of rotatable bonds is 11. The van der Waals surface area contributed by atoms with Gasteiger partial charge in [-0.2, -0.15) is 0 Å². The Bertz CT molecular complexity index is 1170. The molecule has 0 spiro atoms. The Morgan fingerprint density at radius 3 is 2.70 bits per heavy atom. The van der Waals surface area contributed by atoms with E-state index in [4.69, 9.17) is 0 Å². The van der Waals surface area contributed by atoms with Crippen LogP contribution < -0.4 is 5.32 Å². The number of carbonyl (C=O) groups is 2. The zero-order valence-electron chi connectivity index (χ0n) is 17.7. The van der Waals surface area contributed by atoms with E-state index in [2.05, 4.69) is 25.3 Å². The number of ketones is 1. The fourth-order valence-corrected chi connectivity index (χ4v) is 4.53. The third-order valence-electron chi connectivity index (χ3n) is 5.10. The van der Waals surface area contributed by atoms with E-state index < -0.39 is 0 Å². The summed E-state index contributed by atoms with van der Waals surface area (Å²) in [5, 5.41) is 5.38. The number of imidazole rings is 1. The largest absolute Gasteiger partial charge is 0.346 e. The number of aromatic amines is 1. The first-order chi connectivity index (χ1) is 16.1. The van der Waals surface area contributed by atoms with Gasteiger partial charge in [-0.05, 0) is 37.1 Å². The number of hydrogen-bond donors (Lipinski definition) is 2. The fourth-order valence-electron chi connectivity index (χ4n) is 3.40. The summed E-state index contributed by atoms with van der Waals surface area (Å²) in [7, 11) is 0. The molecule has 33 heavy (non-hydrogen) atoms. The first kappa shape index (κ1) is 22.9. The van der Waals surface area contributed by atoms with Crippen LogP contribution in [0.5, 0.6) is 0 Å². The molecule has 0 bridgehead atoms. The molecule has 10 heteroatoms. The van der Waals surface area contributed by atoms with Crippen molar-refractivity contribution in [3.63, 3.8) is 0 Å². The molecule has 1 atom stereocenters. The average molecular weight is 484 g/mol. The second-order valence-corrected chi connectivity index (χ2v) is 9.21. The summed E-state index contributed by atoms with van der Waals surface area (Å²) in [6, 6.07) is 5.78. The molecule has 0 unspecified atom stereocenters. The summed E-state index contributed by atoms with van der Waals surface area (Å²) < 4.78 is 13.2. The summed E-state index contributed by atoms with van der Waals surface area (Å²) >= 11 is 2.63. The number of Topliss-reactive ketones (excluding diaryl/α,β-unsaturated/α-hetero) is 1. The van der Waals surface area contributed by atoms with Crippen LogP contribution in [0.2, 0.25) is 0 Å². The molecule has 4 rings (SSSR count). The highest BCUT2D eigenvalue weighted by molar-refractivity contribution is 7.12. The van der Waals surface area contributed by atoms with Gasteiger partial charge in [-0.25, -0.2) is 14.4 Å². The lowest BCUT2D eigenvalue weighted by molar-refractivity contribution is 0.0935. The van der Waals surface area contributed by atoms with Crippen LogP contribution in [0.25, 0.3) is 11.3 Å². The second kappa shape index (κ2) is 11.1. The Kier molecular flexibility index (Phi) is 7.69. The lowest BCUT2D eigenvalue weighted by atomic mass is 10.1. The van der Waals surface area contributed by atoms with Gasteiger partial charge in [0.25, 0.3) is 5.91 Å². The van der Waals surface area contributed by atoms with Gasteiger partial charge in [0, 0.05) is 29.8 Å². The number of nitrogens with one attached hydrogen (secondary N) is 2. The maximum absolute atomic E-state index is 13.2. The van der Waals surface area contributed by atoms with Crippen LogP contribution >= 0.6 is 22.7 Å². The van der Waals surface area contributed by atoms with E-state index in [0.29, 0.717) is 34.2 Å². The van der Waals surface area contributed by atoms with Crippen molar-refractivity contribution in [2.24, 2.45) is 0 Å². The lowest BCUT2D eigenvalue weighted by Gasteiger charge is -2.16. The van der Waals surface area contributed by atoms with Crippen LogP contribution in [0, 0.1) is 5.82 Å². The molecule has 0 aliphatic heterocycles. The zero-order valence-corrected chi connectivity index (χ0v) is 19.3. The van der Waals surface area contributed by atoms with E-state index >= 15 is 0 Å². The zero-order chi connectivity index (χ0) is 23.0. The van der Waals surface area contributed by atoms with E-state index in [0.717, 1.165) is 24.8 Å². The van der Waals surface area contributed by atoms with Crippen LogP contribution in [0.1, 0.15) is 63.4 Å². The molecule has 2 N–H and O–H groups in total. The van der Waals surface area contributed by atoms with Gasteiger partial charge in [0.05, 0.1) is 23.4 Å². The van der Waals surface area contributed by atoms with Gasteiger partial charge in [-0.1, -0.05) is 12.8 Å². The molecule has 3 heterocycles. The number of hydrogen-bond acceptors (Lipinski definition) is 7. The van der Waals surface area contributed by atoms with Crippen molar-refractivity contribution in [3.05, 3.63) is 75.3 Å². The van der Waals surface area contributed by atoms with Crippen molar-refractivity contribution >= 4 is 34.4 Å². The Hall–Kier alpha value is -3.24. The minimum atomic E-state index is -0.330. The number of nitrogens with zero attached hydrogens (tertiary/aromatic N) is 3. The molecule has 0 fully saturated rings. The Morgan fingerprint density at radius 1 is 1.12 bits per heavy atom. The molecule has 7 nitrogen and oxygen atoms in total. The normalized spacial score (nSPS) is 11.9. The van der Waals surface area contributed by atoms with E-state index in [9.17, 15) is 14.0 Å². The topological polar surface area (TPSA) is 101 Å². The first-order valence-electron chi connectivity index (χ1n) is 10.5. The molecule has 0 radical (unpaired) electrons. The van der Waals surface area contributed by atoms with Gasteiger partial charge in [0.1, 0.15) is 16.5 Å². The van der Waals surface area contributed by atoms with Crippen LogP contribution in [0.3, 0.4) is 0 Å². The van der Waals surface area contributed by atoms with Crippen molar-refractivity contribution in [1.82, 2.24) is 25.3 Å². The number of aromatic nitrogens is 4. The summed E-state index contributed by atoms with van der Waals surface area (Å²) in [6.45, 7) is 0. The lowest BCUT2D eigenvalue weighted by Crippen LogP contribution is -2.28. The maximum Gasteiger partial charge on any atom is 0.263 e. The Morgan fingerprint density at radius 2 is 1.97 bits per heavy atom. The van der Waals surface area contributed by atoms with E-state index in [-0.39, 0.29) is 23.5 Å². The number of unbranched alkanes of at least 4 members (excludes halogenated alkanes) is 2. The third kappa shape index (κ3) is 6.17. The van der Waals surface area contributed by atoms with Crippen LogP contribution in [0.15, 0.2) is 53.7 Å². The SMILES string of the molecule is O=C(N[C@@H](CCCCCC(=O)c1nccs1)c1nc(-c2ccc(F)cc2)c[nH]1)c1cncs1. The molecule has 0 aliphatic carbocycles. The fraction of sp³-hybridized carbons (Fsp3) is 0.261. The number of thiazole rings is 2. The van der Waals surface area contributed by atoms with Crippen molar-refractivity contribution < 1.29 is 14.0 Å². The number of benzene rings is 1. The van der Waals surface area contributed by atoms with Gasteiger partial charge in [0.15, 0.2) is 10.8 Å². The number of amides is 1. The molecule has 170 valence electrons. The van der Waals surface area contributed by atoms with Crippen molar-refractivity contribution in [3.8, 4) is 11.3 Å². The molecule has 4 aromatic rings. The molecule has 3 aromatic heterocycles. The molecular formula is C23H22FN5O2S2. The maximum atomic E-state index is 13.2. The Balaban J connectivity index is 1.38. The highest BCUT2D eigenvalue weighted by atomic mass is 32.1. The smallest absolute Gasteiger partial charge is 0.263 e. The third-order valence-corrected chi connectivity index (χ3v) is 6.68. The predicted molar refractivity (Wildman–Crippen MR) is 126 cm³/mol. The Labute approximate surface area is 198 Å². The van der Waals surface area contributed by atoms with Crippen LogP contribution in [0.4, 0.5) is 4.39 Å². The summed E-state index contributed by atoms with van der Waals surface area (Å²) in [5.41, 5.74) is 3.08. The summed E-state index contributed by atoms with van der Waals surface area (Å²) in [5.74, 6) is 0.180. The summed E-state index contributed by atoms with van der Waals surface area (Å²) in [6.07, 6.45) is 8.45. The van der Waals surface area contributed by atoms with Gasteiger partial charge in [-0.3, -0.25) is 14.6 Å². The minimum Gasteiger partial charge on any atom is -0.346 e. The molecule has 1 amide bonds. The van der Waals surface area contributed by atoms with Crippen LogP contribution in [-0.2, 0) is 0 Å². The molecule has 0 saturated carbocycles. The first-order valence-corrected chi connectivity index (χ1v) is 12.3. The van der Waals surface area contributed by atoms with Gasteiger partial charge >= 0.3 is 0 Å². The van der Waals surface area contributed by atoms with Gasteiger partial charge in [-0.15, -0.1) is 22.7 Å². The van der Waals surface area contributed by atoms with Crippen molar-refractivity contribution in [2.75, 3.05) is 0 Å². The number of halogens is 1. The van der Waals surface area contributed by atoms with Crippen LogP contribution in [-0.4, -0.2) is 31.6 Å². The second-order valence-electron chi connectivity index (χ2n) is 7.43. The number of H-pyrrole nitrogens is 1. The monoisotopic (exact) mass is 483 g/mol. The van der Waals surface area contributed by atoms with E-state index in [1.165, 1.54) is 41.0 Å².